The number of benzene rings is 1. The minimum Gasteiger partial charge on any atom is -0.497 e. The predicted molar refractivity (Wildman–Crippen MR) is 59.6 cm³/mol. The molecule has 2 rings (SSSR count). The molecule has 1 saturated heterocycles. The standard InChI is InChI=1S/C12H17NO2/c1-9-6-10(14-3)4-5-11(9)15-12(2)7-13-8-12/h4-6,13H,7-8H2,1-3H3. The molecule has 1 heterocycles. The number of methoxy groups -OCH3 is 1. The quantitative estimate of drug-likeness (QED) is 0.819. The first-order valence-corrected chi connectivity index (χ1v) is 5.17. The average Bonchev–Trinajstić information content (AvgIpc) is 2.18. The molecule has 0 unspecified atom stereocenters. The Labute approximate surface area is 90.4 Å². The number of aryl methyl sites for hydroxylation is 1. The Bertz CT molecular complexity index is 359. The summed E-state index contributed by atoms with van der Waals surface area (Å²) in [6, 6.07) is 5.89. The lowest BCUT2D eigenvalue weighted by Gasteiger charge is -2.39. The molecule has 1 fully saturated rings. The summed E-state index contributed by atoms with van der Waals surface area (Å²) in [5.74, 6) is 1.82. The molecule has 0 spiro atoms. The van der Waals surface area contributed by atoms with Gasteiger partial charge in [0.05, 0.1) is 7.11 Å². The van der Waals surface area contributed by atoms with E-state index in [0.29, 0.717) is 0 Å². The van der Waals surface area contributed by atoms with Crippen LogP contribution >= 0.6 is 0 Å². The Morgan fingerprint density at radius 3 is 2.53 bits per heavy atom. The van der Waals surface area contributed by atoms with Crippen molar-refractivity contribution in [2.75, 3.05) is 20.2 Å². The zero-order valence-corrected chi connectivity index (χ0v) is 9.46. The molecular formula is C12H17NO2. The van der Waals surface area contributed by atoms with Gasteiger partial charge in [-0.15, -0.1) is 0 Å². The topological polar surface area (TPSA) is 30.5 Å². The fourth-order valence-electron chi connectivity index (χ4n) is 1.68. The van der Waals surface area contributed by atoms with Gasteiger partial charge in [0.2, 0.25) is 0 Å². The Morgan fingerprint density at radius 1 is 1.33 bits per heavy atom. The van der Waals surface area contributed by atoms with E-state index in [4.69, 9.17) is 9.47 Å². The van der Waals surface area contributed by atoms with Crippen molar-refractivity contribution in [3.05, 3.63) is 23.8 Å². The first-order chi connectivity index (χ1) is 7.13. The molecule has 0 saturated carbocycles. The van der Waals surface area contributed by atoms with Crippen molar-refractivity contribution in [3.8, 4) is 11.5 Å². The van der Waals surface area contributed by atoms with Gasteiger partial charge in [-0.25, -0.2) is 0 Å². The summed E-state index contributed by atoms with van der Waals surface area (Å²) in [7, 11) is 1.67. The van der Waals surface area contributed by atoms with Crippen LogP contribution in [0, 0.1) is 6.92 Å². The van der Waals surface area contributed by atoms with Crippen molar-refractivity contribution in [2.45, 2.75) is 19.4 Å². The molecule has 15 heavy (non-hydrogen) atoms. The summed E-state index contributed by atoms with van der Waals surface area (Å²) in [5, 5.41) is 3.21. The Morgan fingerprint density at radius 2 is 2.07 bits per heavy atom. The molecule has 0 bridgehead atoms. The van der Waals surface area contributed by atoms with E-state index in [1.165, 1.54) is 0 Å². The predicted octanol–water partition coefficient (Wildman–Crippen LogP) is 1.74. The first-order valence-electron chi connectivity index (χ1n) is 5.17. The molecule has 0 amide bonds. The molecule has 0 aliphatic carbocycles. The second-order valence-electron chi connectivity index (χ2n) is 4.29. The van der Waals surface area contributed by atoms with Crippen LogP contribution in [0.5, 0.6) is 11.5 Å². The second kappa shape index (κ2) is 3.74. The van der Waals surface area contributed by atoms with Gasteiger partial charge in [-0.05, 0) is 37.6 Å². The van der Waals surface area contributed by atoms with E-state index in [1.54, 1.807) is 7.11 Å². The maximum atomic E-state index is 5.95. The number of hydrogen-bond donors (Lipinski definition) is 1. The van der Waals surface area contributed by atoms with Crippen LogP contribution in [0.15, 0.2) is 18.2 Å². The molecule has 1 aromatic rings. The van der Waals surface area contributed by atoms with Crippen molar-refractivity contribution in [2.24, 2.45) is 0 Å². The third-order valence-electron chi connectivity index (χ3n) is 2.74. The van der Waals surface area contributed by atoms with E-state index < -0.39 is 0 Å². The van der Waals surface area contributed by atoms with Gasteiger partial charge in [0.1, 0.15) is 17.1 Å². The van der Waals surface area contributed by atoms with E-state index in [0.717, 1.165) is 30.2 Å². The number of rotatable bonds is 3. The normalized spacial score (nSPS) is 18.1. The van der Waals surface area contributed by atoms with Gasteiger partial charge < -0.3 is 14.8 Å². The van der Waals surface area contributed by atoms with Crippen LogP contribution in [0.1, 0.15) is 12.5 Å². The lowest BCUT2D eigenvalue weighted by atomic mass is 10.00. The van der Waals surface area contributed by atoms with Gasteiger partial charge in [-0.1, -0.05) is 0 Å². The highest BCUT2D eigenvalue weighted by atomic mass is 16.5. The van der Waals surface area contributed by atoms with E-state index in [2.05, 4.69) is 12.2 Å². The van der Waals surface area contributed by atoms with Crippen molar-refractivity contribution in [3.63, 3.8) is 0 Å². The highest BCUT2D eigenvalue weighted by Gasteiger charge is 2.34. The fourth-order valence-corrected chi connectivity index (χ4v) is 1.68. The summed E-state index contributed by atoms with van der Waals surface area (Å²) in [6.07, 6.45) is 0. The number of nitrogens with one attached hydrogen (secondary N) is 1. The molecule has 82 valence electrons. The van der Waals surface area contributed by atoms with Crippen LogP contribution in [-0.4, -0.2) is 25.8 Å². The van der Waals surface area contributed by atoms with Crippen LogP contribution in [-0.2, 0) is 0 Å². The number of hydrogen-bond acceptors (Lipinski definition) is 3. The summed E-state index contributed by atoms with van der Waals surface area (Å²) < 4.78 is 11.1. The third-order valence-corrected chi connectivity index (χ3v) is 2.74. The third kappa shape index (κ3) is 2.07. The Balaban J connectivity index is 2.14. The minimum absolute atomic E-state index is 0.0423. The average molecular weight is 207 g/mol. The van der Waals surface area contributed by atoms with Gasteiger partial charge >= 0.3 is 0 Å². The molecule has 1 aliphatic rings. The Kier molecular flexibility index (Phi) is 2.57. The molecular weight excluding hydrogens is 190 g/mol. The Hall–Kier alpha value is -1.22. The molecule has 0 atom stereocenters. The second-order valence-corrected chi connectivity index (χ2v) is 4.29. The lowest BCUT2D eigenvalue weighted by molar-refractivity contribution is 0.0341. The molecule has 0 radical (unpaired) electrons. The van der Waals surface area contributed by atoms with Gasteiger partial charge in [-0.2, -0.15) is 0 Å². The fraction of sp³-hybridized carbons (Fsp3) is 0.500. The molecule has 1 N–H and O–H groups in total. The summed E-state index contributed by atoms with van der Waals surface area (Å²) in [4.78, 5) is 0. The minimum atomic E-state index is -0.0423. The summed E-state index contributed by atoms with van der Waals surface area (Å²) >= 11 is 0. The van der Waals surface area contributed by atoms with Crippen LogP contribution in [0.25, 0.3) is 0 Å². The van der Waals surface area contributed by atoms with Crippen LogP contribution < -0.4 is 14.8 Å². The zero-order valence-electron chi connectivity index (χ0n) is 9.46. The van der Waals surface area contributed by atoms with E-state index >= 15 is 0 Å². The summed E-state index contributed by atoms with van der Waals surface area (Å²) in [6.45, 7) is 5.98. The van der Waals surface area contributed by atoms with E-state index in [1.807, 2.05) is 25.1 Å². The highest BCUT2D eigenvalue weighted by Crippen LogP contribution is 2.27. The van der Waals surface area contributed by atoms with Crippen molar-refractivity contribution >= 4 is 0 Å². The summed E-state index contributed by atoms with van der Waals surface area (Å²) in [5.41, 5.74) is 1.07. The van der Waals surface area contributed by atoms with E-state index in [-0.39, 0.29) is 5.60 Å². The largest absolute Gasteiger partial charge is 0.497 e. The van der Waals surface area contributed by atoms with E-state index in [9.17, 15) is 0 Å². The maximum Gasteiger partial charge on any atom is 0.131 e. The van der Waals surface area contributed by atoms with Gasteiger partial charge in [0.15, 0.2) is 0 Å². The van der Waals surface area contributed by atoms with Crippen LogP contribution in [0.3, 0.4) is 0 Å². The van der Waals surface area contributed by atoms with Crippen molar-refractivity contribution in [1.82, 2.24) is 5.32 Å². The van der Waals surface area contributed by atoms with Crippen molar-refractivity contribution < 1.29 is 9.47 Å². The van der Waals surface area contributed by atoms with Crippen molar-refractivity contribution in [1.29, 1.82) is 0 Å². The lowest BCUT2D eigenvalue weighted by Crippen LogP contribution is -2.61. The van der Waals surface area contributed by atoms with Gasteiger partial charge in [0.25, 0.3) is 0 Å². The zero-order chi connectivity index (χ0) is 10.9. The molecule has 0 aromatic heterocycles. The van der Waals surface area contributed by atoms with Gasteiger partial charge in [0, 0.05) is 13.1 Å². The maximum absolute atomic E-state index is 5.95. The monoisotopic (exact) mass is 207 g/mol. The smallest absolute Gasteiger partial charge is 0.131 e. The number of ether oxygens (including phenoxy) is 2. The first kappa shape index (κ1) is 10.3. The van der Waals surface area contributed by atoms with Gasteiger partial charge in [-0.3, -0.25) is 0 Å². The molecule has 3 heteroatoms. The molecule has 1 aromatic carbocycles. The van der Waals surface area contributed by atoms with Crippen LogP contribution in [0.4, 0.5) is 0 Å². The SMILES string of the molecule is COc1ccc(OC2(C)CNC2)c(C)c1. The molecule has 3 nitrogen and oxygen atoms in total. The molecule has 1 aliphatic heterocycles. The van der Waals surface area contributed by atoms with Crippen LogP contribution in [0.2, 0.25) is 0 Å². The highest BCUT2D eigenvalue weighted by molar-refractivity contribution is 5.39.